The van der Waals surface area contributed by atoms with E-state index >= 15 is 0 Å². The number of hydrogen-bond acceptors (Lipinski definition) is 4. The smallest absolute Gasteiger partial charge is 0.0978 e. The summed E-state index contributed by atoms with van der Waals surface area (Å²) in [6.07, 6.45) is 2.30. The highest BCUT2D eigenvalue weighted by Crippen LogP contribution is 2.12. The van der Waals surface area contributed by atoms with Crippen LogP contribution < -0.4 is 5.73 Å². The number of pyridine rings is 1. The summed E-state index contributed by atoms with van der Waals surface area (Å²) in [5.74, 6) is 0. The minimum atomic E-state index is -0.844. The van der Waals surface area contributed by atoms with Gasteiger partial charge in [0.15, 0.2) is 0 Å². The lowest BCUT2D eigenvalue weighted by molar-refractivity contribution is 0.109. The van der Waals surface area contributed by atoms with Crippen LogP contribution in [-0.2, 0) is 0 Å². The third-order valence-corrected chi connectivity index (χ3v) is 1.64. The number of halogens is 2. The summed E-state index contributed by atoms with van der Waals surface area (Å²) >= 11 is 0. The molecule has 1 rings (SSSR count). The van der Waals surface area contributed by atoms with Gasteiger partial charge >= 0.3 is 0 Å². The van der Waals surface area contributed by atoms with E-state index in [2.05, 4.69) is 4.98 Å². The zero-order chi connectivity index (χ0) is 8.97. The third-order valence-electron chi connectivity index (χ3n) is 1.64. The first-order valence-corrected chi connectivity index (χ1v) is 3.70. The Morgan fingerprint density at radius 2 is 2.07 bits per heavy atom. The highest BCUT2D eigenvalue weighted by molar-refractivity contribution is 5.85. The maximum Gasteiger partial charge on any atom is 0.0978 e. The van der Waals surface area contributed by atoms with E-state index in [9.17, 15) is 5.11 Å². The molecule has 1 heterocycles. The molecule has 1 aromatic heterocycles. The SMILES string of the molecule is Cl.Cl.NC(CO)C(O)c1cccnc1. The average molecular weight is 241 g/mol. The van der Waals surface area contributed by atoms with E-state index in [0.29, 0.717) is 5.56 Å². The lowest BCUT2D eigenvalue weighted by Crippen LogP contribution is -2.31. The zero-order valence-electron chi connectivity index (χ0n) is 7.41. The Labute approximate surface area is 95.0 Å². The van der Waals surface area contributed by atoms with Crippen molar-refractivity contribution >= 4 is 24.8 Å². The van der Waals surface area contributed by atoms with Crippen molar-refractivity contribution < 1.29 is 10.2 Å². The lowest BCUT2D eigenvalue weighted by Gasteiger charge is -2.15. The molecule has 0 saturated heterocycles. The molecular weight excluding hydrogens is 227 g/mol. The number of nitrogens with zero attached hydrogens (tertiary/aromatic N) is 1. The average Bonchev–Trinajstić information content (AvgIpc) is 2.17. The number of aliphatic hydroxyl groups excluding tert-OH is 2. The number of aliphatic hydroxyl groups is 2. The summed E-state index contributed by atoms with van der Waals surface area (Å²) in [6, 6.07) is 2.78. The molecule has 1 aromatic rings. The van der Waals surface area contributed by atoms with Crippen LogP contribution in [0.4, 0.5) is 0 Å². The predicted octanol–water partition coefficient (Wildman–Crippen LogP) is 0.278. The van der Waals surface area contributed by atoms with Crippen LogP contribution in [0.1, 0.15) is 11.7 Å². The van der Waals surface area contributed by atoms with E-state index in [-0.39, 0.29) is 31.4 Å². The van der Waals surface area contributed by atoms with Gasteiger partial charge in [0, 0.05) is 18.0 Å². The van der Waals surface area contributed by atoms with Gasteiger partial charge in [-0.2, -0.15) is 0 Å². The Kier molecular flexibility index (Phi) is 9.13. The van der Waals surface area contributed by atoms with Gasteiger partial charge in [-0.1, -0.05) is 6.07 Å². The molecule has 4 nitrogen and oxygen atoms in total. The van der Waals surface area contributed by atoms with Gasteiger partial charge in [-0.3, -0.25) is 4.98 Å². The highest BCUT2D eigenvalue weighted by Gasteiger charge is 2.15. The van der Waals surface area contributed by atoms with Crippen LogP contribution in [0.15, 0.2) is 24.5 Å². The molecule has 0 aliphatic rings. The minimum Gasteiger partial charge on any atom is -0.395 e. The van der Waals surface area contributed by atoms with Gasteiger partial charge < -0.3 is 15.9 Å². The molecule has 4 N–H and O–H groups in total. The monoisotopic (exact) mass is 240 g/mol. The van der Waals surface area contributed by atoms with Crippen molar-refractivity contribution in [2.45, 2.75) is 12.1 Å². The molecule has 2 atom stereocenters. The molecule has 0 aliphatic carbocycles. The van der Waals surface area contributed by atoms with Crippen LogP contribution in [0, 0.1) is 0 Å². The van der Waals surface area contributed by atoms with Crippen LogP contribution >= 0.6 is 24.8 Å². The van der Waals surface area contributed by atoms with Gasteiger partial charge in [0.05, 0.1) is 18.8 Å². The molecule has 0 fully saturated rings. The van der Waals surface area contributed by atoms with Gasteiger partial charge in [0.1, 0.15) is 0 Å². The summed E-state index contributed by atoms with van der Waals surface area (Å²) < 4.78 is 0. The van der Waals surface area contributed by atoms with Crippen molar-refractivity contribution in [3.05, 3.63) is 30.1 Å². The van der Waals surface area contributed by atoms with Crippen molar-refractivity contribution in [3.8, 4) is 0 Å². The molecule has 0 aliphatic heterocycles. The second kappa shape index (κ2) is 7.96. The Bertz CT molecular complexity index is 236. The van der Waals surface area contributed by atoms with E-state index in [4.69, 9.17) is 10.8 Å². The maximum atomic E-state index is 9.46. The number of aromatic nitrogens is 1. The van der Waals surface area contributed by atoms with Crippen LogP contribution in [0.25, 0.3) is 0 Å². The second-order valence-electron chi connectivity index (χ2n) is 2.58. The number of hydrogen-bond donors (Lipinski definition) is 3. The topological polar surface area (TPSA) is 79.4 Å². The number of rotatable bonds is 3. The molecule has 0 spiro atoms. The Balaban J connectivity index is 0. The van der Waals surface area contributed by atoms with Gasteiger partial charge in [-0.15, -0.1) is 24.8 Å². The van der Waals surface area contributed by atoms with Crippen molar-refractivity contribution in [2.75, 3.05) is 6.61 Å². The summed E-state index contributed by atoms with van der Waals surface area (Å²) in [4.78, 5) is 3.83. The van der Waals surface area contributed by atoms with E-state index in [1.807, 2.05) is 0 Å². The molecule has 82 valence electrons. The van der Waals surface area contributed by atoms with E-state index in [0.717, 1.165) is 0 Å². The summed E-state index contributed by atoms with van der Waals surface area (Å²) in [6.45, 7) is -0.240. The first-order chi connectivity index (χ1) is 5.75. The van der Waals surface area contributed by atoms with E-state index < -0.39 is 12.1 Å². The third kappa shape index (κ3) is 4.21. The fraction of sp³-hybridized carbons (Fsp3) is 0.375. The molecule has 0 amide bonds. The first kappa shape index (κ1) is 16.1. The van der Waals surface area contributed by atoms with E-state index in [1.165, 1.54) is 6.20 Å². The summed E-state index contributed by atoms with van der Waals surface area (Å²) in [5, 5.41) is 18.1. The predicted molar refractivity (Wildman–Crippen MR) is 58.8 cm³/mol. The Hall–Kier alpha value is -0.390. The molecule has 6 heteroatoms. The Morgan fingerprint density at radius 3 is 2.50 bits per heavy atom. The Morgan fingerprint density at radius 1 is 1.43 bits per heavy atom. The van der Waals surface area contributed by atoms with Crippen molar-refractivity contribution in [2.24, 2.45) is 5.73 Å². The van der Waals surface area contributed by atoms with Crippen molar-refractivity contribution in [1.29, 1.82) is 0 Å². The van der Waals surface area contributed by atoms with Gasteiger partial charge in [-0.25, -0.2) is 0 Å². The largest absolute Gasteiger partial charge is 0.395 e. The minimum absolute atomic E-state index is 0. The molecule has 14 heavy (non-hydrogen) atoms. The molecule has 0 radical (unpaired) electrons. The molecule has 0 aromatic carbocycles. The van der Waals surface area contributed by atoms with Gasteiger partial charge in [0.25, 0.3) is 0 Å². The van der Waals surface area contributed by atoms with E-state index in [1.54, 1.807) is 18.3 Å². The van der Waals surface area contributed by atoms with Crippen molar-refractivity contribution in [3.63, 3.8) is 0 Å². The first-order valence-electron chi connectivity index (χ1n) is 3.70. The molecule has 0 bridgehead atoms. The standard InChI is InChI=1S/C8H12N2O2.2ClH/c9-7(5-11)8(12)6-2-1-3-10-4-6;;/h1-4,7-8,11-12H,5,9H2;2*1H. The number of nitrogens with two attached hydrogens (primary N) is 1. The normalized spacial score (nSPS) is 13.4. The molecular formula is C8H14Cl2N2O2. The lowest BCUT2D eigenvalue weighted by atomic mass is 10.1. The summed E-state index contributed by atoms with van der Waals surface area (Å²) in [5.41, 5.74) is 6.04. The van der Waals surface area contributed by atoms with Crippen LogP contribution in [0.5, 0.6) is 0 Å². The fourth-order valence-electron chi connectivity index (χ4n) is 0.898. The highest BCUT2D eigenvalue weighted by atomic mass is 35.5. The van der Waals surface area contributed by atoms with Crippen LogP contribution in [-0.4, -0.2) is 27.8 Å². The summed E-state index contributed by atoms with van der Waals surface area (Å²) in [7, 11) is 0. The van der Waals surface area contributed by atoms with Gasteiger partial charge in [-0.05, 0) is 6.07 Å². The second-order valence-corrected chi connectivity index (χ2v) is 2.58. The quantitative estimate of drug-likeness (QED) is 0.710. The van der Waals surface area contributed by atoms with Gasteiger partial charge in [0.2, 0.25) is 0 Å². The molecule has 0 saturated carbocycles. The zero-order valence-corrected chi connectivity index (χ0v) is 9.04. The maximum absolute atomic E-state index is 9.46. The van der Waals surface area contributed by atoms with Crippen LogP contribution in [0.3, 0.4) is 0 Å². The fourth-order valence-corrected chi connectivity index (χ4v) is 0.898. The van der Waals surface area contributed by atoms with Crippen molar-refractivity contribution in [1.82, 2.24) is 4.98 Å². The molecule has 2 unspecified atom stereocenters. The van der Waals surface area contributed by atoms with Crippen LogP contribution in [0.2, 0.25) is 0 Å².